The summed E-state index contributed by atoms with van der Waals surface area (Å²) in [4.78, 5) is 20.7. The van der Waals surface area contributed by atoms with Crippen LogP contribution in [0, 0.1) is 6.92 Å². The summed E-state index contributed by atoms with van der Waals surface area (Å²) in [5.41, 5.74) is 2.02. The highest BCUT2D eigenvalue weighted by Gasteiger charge is 2.15. The molecule has 1 N–H and O–H groups in total. The number of aryl methyl sites for hydroxylation is 1. The second-order valence-electron chi connectivity index (χ2n) is 4.78. The first kappa shape index (κ1) is 15.3. The van der Waals surface area contributed by atoms with Crippen LogP contribution in [0.25, 0.3) is 11.1 Å². The molecule has 1 aromatic carbocycles. The first-order valence-electron chi connectivity index (χ1n) is 7.04. The van der Waals surface area contributed by atoms with Crippen molar-refractivity contribution >= 4 is 34.3 Å². The van der Waals surface area contributed by atoms with E-state index in [1.807, 2.05) is 6.92 Å². The van der Waals surface area contributed by atoms with Crippen molar-refractivity contribution in [2.45, 2.75) is 13.8 Å². The third-order valence-electron chi connectivity index (χ3n) is 3.08. The molecule has 0 aliphatic carbocycles. The van der Waals surface area contributed by atoms with Crippen molar-refractivity contribution < 1.29 is 13.9 Å². The molecule has 0 aliphatic heterocycles. The molecule has 0 fully saturated rings. The van der Waals surface area contributed by atoms with E-state index in [1.165, 1.54) is 0 Å². The molecule has 0 saturated heterocycles. The van der Waals surface area contributed by atoms with Gasteiger partial charge in [0.15, 0.2) is 17.2 Å². The van der Waals surface area contributed by atoms with Crippen LogP contribution in [0.15, 0.2) is 34.7 Å². The summed E-state index contributed by atoms with van der Waals surface area (Å²) in [6.45, 7) is 4.06. The number of oxazole rings is 1. The van der Waals surface area contributed by atoms with E-state index in [0.29, 0.717) is 35.2 Å². The van der Waals surface area contributed by atoms with Gasteiger partial charge < -0.3 is 14.5 Å². The summed E-state index contributed by atoms with van der Waals surface area (Å²) in [5, 5.41) is 3.00. The van der Waals surface area contributed by atoms with Crippen LogP contribution in [0.2, 0.25) is 5.02 Å². The Kier molecular flexibility index (Phi) is 4.16. The summed E-state index contributed by atoms with van der Waals surface area (Å²) in [6.07, 6.45) is 0. The minimum atomic E-state index is -0.420. The molecule has 0 bridgehead atoms. The number of hydrogen-bond donors (Lipinski definition) is 1. The number of amides is 1. The van der Waals surface area contributed by atoms with E-state index in [-0.39, 0.29) is 10.7 Å². The average Bonchev–Trinajstić information content (AvgIpc) is 2.88. The number of aromatic nitrogens is 2. The molecule has 23 heavy (non-hydrogen) atoms. The molecule has 0 unspecified atom stereocenters. The number of hydrogen-bond acceptors (Lipinski definition) is 5. The van der Waals surface area contributed by atoms with Crippen molar-refractivity contribution in [3.05, 3.63) is 46.9 Å². The third-order valence-corrected chi connectivity index (χ3v) is 3.39. The second-order valence-corrected chi connectivity index (χ2v) is 5.19. The van der Waals surface area contributed by atoms with E-state index in [1.54, 1.807) is 37.3 Å². The zero-order valence-corrected chi connectivity index (χ0v) is 13.3. The molecule has 3 rings (SSSR count). The summed E-state index contributed by atoms with van der Waals surface area (Å²) >= 11 is 6.05. The van der Waals surface area contributed by atoms with Crippen LogP contribution in [0.3, 0.4) is 0 Å². The number of pyridine rings is 1. The lowest BCUT2D eigenvalue weighted by Crippen LogP contribution is -2.15. The summed E-state index contributed by atoms with van der Waals surface area (Å²) in [5.74, 6) is 0.498. The van der Waals surface area contributed by atoms with E-state index < -0.39 is 5.91 Å². The molecule has 7 heteroatoms. The lowest BCUT2D eigenvalue weighted by atomic mass is 10.2. The Morgan fingerprint density at radius 3 is 2.91 bits per heavy atom. The molecule has 1 amide bonds. The number of halogens is 1. The zero-order chi connectivity index (χ0) is 16.4. The maximum absolute atomic E-state index is 12.4. The van der Waals surface area contributed by atoms with Gasteiger partial charge >= 0.3 is 0 Å². The summed E-state index contributed by atoms with van der Waals surface area (Å²) in [6, 6.07) is 8.40. The molecule has 2 aromatic heterocycles. The maximum atomic E-state index is 12.4. The molecule has 0 aliphatic rings. The highest BCUT2D eigenvalue weighted by atomic mass is 35.5. The first-order chi connectivity index (χ1) is 11.1. The van der Waals surface area contributed by atoms with Gasteiger partial charge in [-0.2, -0.15) is 0 Å². The van der Waals surface area contributed by atoms with Gasteiger partial charge in [-0.1, -0.05) is 11.6 Å². The first-order valence-corrected chi connectivity index (χ1v) is 7.42. The van der Waals surface area contributed by atoms with Crippen LogP contribution in [0.5, 0.6) is 5.88 Å². The van der Waals surface area contributed by atoms with Crippen molar-refractivity contribution in [1.29, 1.82) is 0 Å². The van der Waals surface area contributed by atoms with Crippen molar-refractivity contribution in [3.63, 3.8) is 0 Å². The minimum absolute atomic E-state index is 0.106. The second kappa shape index (κ2) is 6.26. The standard InChI is InChI=1S/C16H14ClN3O3/c1-3-22-14-7-5-11(17)15(20-14)16(21)19-10-4-6-13-12(8-10)18-9(2)23-13/h4-8H,3H2,1-2H3,(H,19,21). The number of carbonyl (C=O) groups excluding carboxylic acids is 1. The molecule has 0 saturated carbocycles. The van der Waals surface area contributed by atoms with E-state index in [4.69, 9.17) is 20.8 Å². The quantitative estimate of drug-likeness (QED) is 0.786. The molecule has 0 radical (unpaired) electrons. The number of ether oxygens (including phenoxy) is 1. The number of nitrogens with zero attached hydrogens (tertiary/aromatic N) is 2. The van der Waals surface area contributed by atoms with Crippen LogP contribution < -0.4 is 10.1 Å². The maximum Gasteiger partial charge on any atom is 0.275 e. The van der Waals surface area contributed by atoms with Crippen LogP contribution in [0.4, 0.5) is 5.69 Å². The van der Waals surface area contributed by atoms with Crippen LogP contribution in [-0.2, 0) is 0 Å². The number of rotatable bonds is 4. The fraction of sp³-hybridized carbons (Fsp3) is 0.188. The number of carbonyl (C=O) groups is 1. The lowest BCUT2D eigenvalue weighted by Gasteiger charge is -2.08. The fourth-order valence-electron chi connectivity index (χ4n) is 2.12. The van der Waals surface area contributed by atoms with Gasteiger partial charge in [-0.3, -0.25) is 4.79 Å². The van der Waals surface area contributed by atoms with Crippen LogP contribution in [-0.4, -0.2) is 22.5 Å². The van der Waals surface area contributed by atoms with Crippen molar-refractivity contribution in [1.82, 2.24) is 9.97 Å². The van der Waals surface area contributed by atoms with Gasteiger partial charge in [-0.05, 0) is 31.2 Å². The molecule has 0 atom stereocenters. The van der Waals surface area contributed by atoms with Crippen LogP contribution in [0.1, 0.15) is 23.3 Å². The Labute approximate surface area is 137 Å². The molecular weight excluding hydrogens is 318 g/mol. The fourth-order valence-corrected chi connectivity index (χ4v) is 2.31. The smallest absolute Gasteiger partial charge is 0.275 e. The lowest BCUT2D eigenvalue weighted by molar-refractivity contribution is 0.102. The normalized spacial score (nSPS) is 10.7. The minimum Gasteiger partial charge on any atom is -0.478 e. The van der Waals surface area contributed by atoms with Gasteiger partial charge in [0.2, 0.25) is 5.88 Å². The van der Waals surface area contributed by atoms with Gasteiger partial charge in [0.1, 0.15) is 5.52 Å². The van der Waals surface area contributed by atoms with Gasteiger partial charge in [0.05, 0.1) is 11.6 Å². The van der Waals surface area contributed by atoms with Crippen molar-refractivity contribution in [3.8, 4) is 5.88 Å². The molecule has 118 valence electrons. The Balaban J connectivity index is 1.86. The highest BCUT2D eigenvalue weighted by molar-refractivity contribution is 6.34. The highest BCUT2D eigenvalue weighted by Crippen LogP contribution is 2.22. The van der Waals surface area contributed by atoms with E-state index in [2.05, 4.69) is 15.3 Å². The third kappa shape index (κ3) is 3.27. The zero-order valence-electron chi connectivity index (χ0n) is 12.6. The summed E-state index contributed by atoms with van der Waals surface area (Å²) in [7, 11) is 0. The monoisotopic (exact) mass is 331 g/mol. The largest absolute Gasteiger partial charge is 0.478 e. The molecule has 3 aromatic rings. The Morgan fingerprint density at radius 1 is 1.30 bits per heavy atom. The van der Waals surface area contributed by atoms with E-state index >= 15 is 0 Å². The molecule has 6 nitrogen and oxygen atoms in total. The van der Waals surface area contributed by atoms with Crippen molar-refractivity contribution in [2.75, 3.05) is 11.9 Å². The van der Waals surface area contributed by atoms with E-state index in [9.17, 15) is 4.79 Å². The molecular formula is C16H14ClN3O3. The Hall–Kier alpha value is -2.60. The Bertz CT molecular complexity index is 876. The number of benzene rings is 1. The SMILES string of the molecule is CCOc1ccc(Cl)c(C(=O)Nc2ccc3oc(C)nc3c2)n1. The number of nitrogens with one attached hydrogen (secondary N) is 1. The van der Waals surface area contributed by atoms with Crippen LogP contribution >= 0.6 is 11.6 Å². The predicted octanol–water partition coefficient (Wildman–Crippen LogP) is 3.84. The predicted molar refractivity (Wildman–Crippen MR) is 87.1 cm³/mol. The number of fused-ring (bicyclic) bond motifs is 1. The van der Waals surface area contributed by atoms with E-state index in [0.717, 1.165) is 0 Å². The molecule has 2 heterocycles. The van der Waals surface area contributed by atoms with Gasteiger partial charge in [0.25, 0.3) is 5.91 Å². The molecule has 0 spiro atoms. The van der Waals surface area contributed by atoms with Gasteiger partial charge in [-0.25, -0.2) is 9.97 Å². The van der Waals surface area contributed by atoms with Crippen molar-refractivity contribution in [2.24, 2.45) is 0 Å². The van der Waals surface area contributed by atoms with Gasteiger partial charge in [-0.15, -0.1) is 0 Å². The Morgan fingerprint density at radius 2 is 2.13 bits per heavy atom. The topological polar surface area (TPSA) is 77.2 Å². The summed E-state index contributed by atoms with van der Waals surface area (Å²) < 4.78 is 10.7. The number of anilines is 1. The average molecular weight is 332 g/mol. The van der Waals surface area contributed by atoms with Gasteiger partial charge in [0, 0.05) is 18.7 Å².